The molecule has 0 fully saturated rings. The first-order valence-electron chi connectivity index (χ1n) is 10.1. The van der Waals surface area contributed by atoms with Gasteiger partial charge in [0.2, 0.25) is 0 Å². The van der Waals surface area contributed by atoms with Crippen molar-refractivity contribution in [2.75, 3.05) is 6.61 Å². The van der Waals surface area contributed by atoms with E-state index in [9.17, 15) is 9.59 Å². The molecule has 0 radical (unpaired) electrons. The highest BCUT2D eigenvalue weighted by Gasteiger charge is 2.34. The zero-order chi connectivity index (χ0) is 19.1. The summed E-state index contributed by atoms with van der Waals surface area (Å²) in [4.78, 5) is 25.3. The topological polar surface area (TPSA) is 52.6 Å². The average molecular weight is 368 g/mol. The molecule has 0 saturated heterocycles. The first kappa shape index (κ1) is 19.4. The fourth-order valence-corrected chi connectivity index (χ4v) is 3.84. The Morgan fingerprint density at radius 2 is 1.59 bits per heavy atom. The number of carbonyl (C=O) groups excluding carboxylic acids is 2. The lowest BCUT2D eigenvalue weighted by Crippen LogP contribution is -2.12. The van der Waals surface area contributed by atoms with Crippen LogP contribution in [0.1, 0.15) is 70.3 Å². The molecule has 1 aromatic rings. The maximum absolute atomic E-state index is 12.7. The Balaban J connectivity index is 2.08. The van der Waals surface area contributed by atoms with Crippen LogP contribution in [0.2, 0.25) is 0 Å². The molecule has 4 heteroatoms. The van der Waals surface area contributed by atoms with Crippen LogP contribution in [0.15, 0.2) is 47.2 Å². The zero-order valence-corrected chi connectivity index (χ0v) is 16.1. The Labute approximate surface area is 161 Å². The summed E-state index contributed by atoms with van der Waals surface area (Å²) in [6.07, 6.45) is 9.06. The third-order valence-corrected chi connectivity index (χ3v) is 5.19. The predicted octanol–water partition coefficient (Wildman–Crippen LogP) is 5.34. The fourth-order valence-electron chi connectivity index (χ4n) is 3.84. The molecule has 144 valence electrons. The highest BCUT2D eigenvalue weighted by Crippen LogP contribution is 2.39. The molecule has 0 bridgehead atoms. The highest BCUT2D eigenvalue weighted by atomic mass is 16.6. The molecule has 0 N–H and O–H groups in total. The Morgan fingerprint density at radius 1 is 0.963 bits per heavy atom. The van der Waals surface area contributed by atoms with Gasteiger partial charge in [-0.2, -0.15) is 0 Å². The number of benzene rings is 1. The Bertz CT molecular complexity index is 743. The van der Waals surface area contributed by atoms with Crippen LogP contribution in [-0.2, 0) is 19.1 Å². The first-order valence-corrected chi connectivity index (χ1v) is 10.1. The van der Waals surface area contributed by atoms with Gasteiger partial charge < -0.3 is 9.47 Å². The maximum atomic E-state index is 12.7. The average Bonchev–Trinajstić information content (AvgIpc) is 2.98. The molecule has 1 aromatic carbocycles. The van der Waals surface area contributed by atoms with Gasteiger partial charge in [0.05, 0.1) is 17.8 Å². The second-order valence-electron chi connectivity index (χ2n) is 7.11. The van der Waals surface area contributed by atoms with Crippen molar-refractivity contribution in [3.8, 4) is 0 Å². The van der Waals surface area contributed by atoms with Crippen molar-refractivity contribution >= 4 is 17.5 Å². The molecule has 1 aliphatic carbocycles. The number of rotatable bonds is 3. The van der Waals surface area contributed by atoms with Crippen molar-refractivity contribution in [2.24, 2.45) is 0 Å². The lowest BCUT2D eigenvalue weighted by atomic mass is 9.92. The van der Waals surface area contributed by atoms with Crippen LogP contribution in [-0.4, -0.2) is 18.5 Å². The minimum atomic E-state index is -0.358. The van der Waals surface area contributed by atoms with Gasteiger partial charge in [0.15, 0.2) is 0 Å². The SMILES string of the molecule is CCOC(=O)/C1=C2\OC(=O)C(c3ccccc3)=C2CCCCCCCCC1. The molecule has 0 amide bonds. The van der Waals surface area contributed by atoms with E-state index in [1.165, 1.54) is 19.3 Å². The molecule has 0 aromatic heterocycles. The summed E-state index contributed by atoms with van der Waals surface area (Å²) in [6, 6.07) is 9.61. The van der Waals surface area contributed by atoms with Crippen molar-refractivity contribution in [1.82, 2.24) is 0 Å². The lowest BCUT2D eigenvalue weighted by molar-refractivity contribution is -0.139. The first-order chi connectivity index (χ1) is 13.2. The summed E-state index contributed by atoms with van der Waals surface area (Å²) >= 11 is 0. The van der Waals surface area contributed by atoms with Crippen molar-refractivity contribution < 1.29 is 19.1 Å². The van der Waals surface area contributed by atoms with Crippen molar-refractivity contribution in [3.05, 3.63) is 52.8 Å². The minimum Gasteiger partial charge on any atom is -0.463 e. The van der Waals surface area contributed by atoms with Crippen molar-refractivity contribution in [1.29, 1.82) is 0 Å². The largest absolute Gasteiger partial charge is 0.463 e. The van der Waals surface area contributed by atoms with E-state index < -0.39 is 0 Å². The summed E-state index contributed by atoms with van der Waals surface area (Å²) < 4.78 is 11.0. The Hall–Kier alpha value is -2.36. The Morgan fingerprint density at radius 3 is 2.26 bits per heavy atom. The quantitative estimate of drug-likeness (QED) is 0.676. The van der Waals surface area contributed by atoms with Gasteiger partial charge in [-0.3, -0.25) is 0 Å². The van der Waals surface area contributed by atoms with E-state index in [0.29, 0.717) is 29.9 Å². The smallest absolute Gasteiger partial charge is 0.344 e. The van der Waals surface area contributed by atoms with E-state index >= 15 is 0 Å². The van der Waals surface area contributed by atoms with Crippen molar-refractivity contribution in [3.63, 3.8) is 0 Å². The van der Waals surface area contributed by atoms with E-state index in [0.717, 1.165) is 43.2 Å². The van der Waals surface area contributed by atoms with Gasteiger partial charge in [-0.1, -0.05) is 62.4 Å². The molecule has 27 heavy (non-hydrogen) atoms. The van der Waals surface area contributed by atoms with E-state index in [2.05, 4.69) is 0 Å². The van der Waals surface area contributed by atoms with Crippen LogP contribution in [0.4, 0.5) is 0 Å². The number of allylic oxidation sites excluding steroid dienone is 1. The van der Waals surface area contributed by atoms with Crippen molar-refractivity contribution in [2.45, 2.75) is 64.7 Å². The second kappa shape index (κ2) is 9.54. The number of fused-ring (bicyclic) bond motifs is 1. The van der Waals surface area contributed by atoms with Gasteiger partial charge in [-0.25, -0.2) is 9.59 Å². The lowest BCUT2D eigenvalue weighted by Gasteiger charge is -2.14. The molecule has 1 aliphatic heterocycles. The third-order valence-electron chi connectivity index (χ3n) is 5.19. The van der Waals surface area contributed by atoms with E-state index in [-0.39, 0.29) is 11.9 Å². The van der Waals surface area contributed by atoms with E-state index in [1.807, 2.05) is 30.3 Å². The van der Waals surface area contributed by atoms with Gasteiger partial charge in [0.25, 0.3) is 0 Å². The summed E-state index contributed by atoms with van der Waals surface area (Å²) in [7, 11) is 0. The summed E-state index contributed by atoms with van der Waals surface area (Å²) in [5, 5.41) is 0. The summed E-state index contributed by atoms with van der Waals surface area (Å²) in [5.41, 5.74) is 2.84. The number of esters is 2. The summed E-state index contributed by atoms with van der Waals surface area (Å²) in [5.74, 6) is -0.259. The second-order valence-corrected chi connectivity index (χ2v) is 7.11. The molecule has 0 unspecified atom stereocenters. The monoisotopic (exact) mass is 368 g/mol. The summed E-state index contributed by atoms with van der Waals surface area (Å²) in [6.45, 7) is 2.11. The van der Waals surface area contributed by atoms with Gasteiger partial charge >= 0.3 is 11.9 Å². The number of ether oxygens (including phenoxy) is 2. The van der Waals surface area contributed by atoms with Crippen LogP contribution in [0.25, 0.3) is 5.57 Å². The molecule has 1 heterocycles. The molecular weight excluding hydrogens is 340 g/mol. The van der Waals surface area contributed by atoms with Gasteiger partial charge in [-0.05, 0) is 38.2 Å². The molecule has 2 aliphatic rings. The molecule has 0 spiro atoms. The number of hydrogen-bond acceptors (Lipinski definition) is 4. The van der Waals surface area contributed by atoms with Crippen LogP contribution >= 0.6 is 0 Å². The van der Waals surface area contributed by atoms with Crippen LogP contribution in [0.3, 0.4) is 0 Å². The standard InChI is InChI=1S/C23H28O4/c1-2-26-22(24)19-16-12-7-5-3-4-6-11-15-18-20(23(25)27-21(18)19)17-13-9-8-10-14-17/h8-10,13-14H,2-7,11-12,15-16H2,1H3/b21-19-. The normalized spacial score (nSPS) is 21.7. The molecular formula is C23H28O4. The van der Waals surface area contributed by atoms with Crippen LogP contribution in [0, 0.1) is 0 Å². The number of carbonyl (C=O) groups is 2. The fraction of sp³-hybridized carbons (Fsp3) is 0.478. The highest BCUT2D eigenvalue weighted by molar-refractivity contribution is 6.21. The zero-order valence-electron chi connectivity index (χ0n) is 16.1. The van der Waals surface area contributed by atoms with Crippen LogP contribution in [0.5, 0.6) is 0 Å². The molecule has 0 saturated carbocycles. The van der Waals surface area contributed by atoms with Crippen LogP contribution < -0.4 is 0 Å². The molecule has 4 nitrogen and oxygen atoms in total. The third kappa shape index (κ3) is 4.68. The number of hydrogen-bond donors (Lipinski definition) is 0. The van der Waals surface area contributed by atoms with Gasteiger partial charge in [-0.15, -0.1) is 0 Å². The molecule has 3 rings (SSSR count). The van der Waals surface area contributed by atoms with Gasteiger partial charge in [0, 0.05) is 5.57 Å². The van der Waals surface area contributed by atoms with E-state index in [1.54, 1.807) is 6.92 Å². The van der Waals surface area contributed by atoms with E-state index in [4.69, 9.17) is 9.47 Å². The minimum absolute atomic E-state index is 0.314. The maximum Gasteiger partial charge on any atom is 0.344 e. The predicted molar refractivity (Wildman–Crippen MR) is 105 cm³/mol. The Kier molecular flexibility index (Phi) is 6.86. The molecule has 0 atom stereocenters. The van der Waals surface area contributed by atoms with Gasteiger partial charge in [0.1, 0.15) is 5.76 Å².